The highest BCUT2D eigenvalue weighted by molar-refractivity contribution is 5.84. The number of carboxylic acids is 1. The molecule has 0 radical (unpaired) electrons. The Hall–Kier alpha value is -2.05. The van der Waals surface area contributed by atoms with Gasteiger partial charge in [-0.25, -0.2) is 4.79 Å². The average molecular weight is 269 g/mol. The third-order valence-electron chi connectivity index (χ3n) is 2.18. The predicted molar refractivity (Wildman–Crippen MR) is 69.0 cm³/mol. The molecule has 1 amide bonds. The first kappa shape index (κ1) is 15.0. The number of carboxylic acid groups (broad SMARTS) is 1. The summed E-state index contributed by atoms with van der Waals surface area (Å²) in [6.45, 7) is 5.31. The molecule has 19 heavy (non-hydrogen) atoms. The number of carbonyl (C=O) groups excluding carboxylic acids is 1. The molecule has 7 nitrogen and oxygen atoms in total. The van der Waals surface area contributed by atoms with Crippen LogP contribution in [-0.2, 0) is 16.0 Å². The van der Waals surface area contributed by atoms with E-state index in [2.05, 4.69) is 15.5 Å². The van der Waals surface area contributed by atoms with Crippen LogP contribution in [0.15, 0.2) is 6.20 Å². The lowest BCUT2D eigenvalue weighted by atomic mass is 10.1. The number of carbonyl (C=O) groups is 2. The van der Waals surface area contributed by atoms with E-state index < -0.39 is 17.7 Å². The third kappa shape index (κ3) is 5.89. The molecule has 0 unspecified atom stereocenters. The summed E-state index contributed by atoms with van der Waals surface area (Å²) in [6, 6.07) is 0. The summed E-state index contributed by atoms with van der Waals surface area (Å²) in [5.74, 6) is -0.398. The van der Waals surface area contributed by atoms with E-state index in [9.17, 15) is 9.59 Å². The second-order valence-corrected chi connectivity index (χ2v) is 5.14. The van der Waals surface area contributed by atoms with Gasteiger partial charge in [0, 0.05) is 12.0 Å². The van der Waals surface area contributed by atoms with Gasteiger partial charge in [-0.1, -0.05) is 0 Å². The maximum atomic E-state index is 11.6. The van der Waals surface area contributed by atoms with Crippen molar-refractivity contribution >= 4 is 17.9 Å². The van der Waals surface area contributed by atoms with E-state index in [0.29, 0.717) is 18.7 Å². The predicted octanol–water partition coefficient (Wildman–Crippen LogP) is 2.16. The number of aromatic amines is 1. The van der Waals surface area contributed by atoms with Gasteiger partial charge >= 0.3 is 12.1 Å². The summed E-state index contributed by atoms with van der Waals surface area (Å²) in [7, 11) is 0. The first-order chi connectivity index (χ1) is 8.78. The van der Waals surface area contributed by atoms with Crippen LogP contribution in [0.5, 0.6) is 0 Å². The molecule has 1 heterocycles. The van der Waals surface area contributed by atoms with Crippen LogP contribution in [0, 0.1) is 0 Å². The molecule has 0 atom stereocenters. The third-order valence-corrected chi connectivity index (χ3v) is 2.18. The van der Waals surface area contributed by atoms with E-state index in [1.54, 1.807) is 27.0 Å². The largest absolute Gasteiger partial charge is 0.481 e. The number of hydrogen-bond donors (Lipinski definition) is 3. The van der Waals surface area contributed by atoms with Crippen molar-refractivity contribution in [2.75, 3.05) is 5.32 Å². The van der Waals surface area contributed by atoms with Crippen molar-refractivity contribution in [3.05, 3.63) is 11.8 Å². The number of H-pyrrole nitrogens is 1. The molecule has 0 aromatic carbocycles. The highest BCUT2D eigenvalue weighted by Gasteiger charge is 2.17. The molecule has 0 bridgehead atoms. The number of aryl methyl sites for hydroxylation is 1. The molecule has 0 saturated heterocycles. The highest BCUT2D eigenvalue weighted by Crippen LogP contribution is 2.16. The van der Waals surface area contributed by atoms with Crippen LogP contribution in [0.25, 0.3) is 0 Å². The molecule has 1 rings (SSSR count). The molecule has 0 fully saturated rings. The Morgan fingerprint density at radius 3 is 2.74 bits per heavy atom. The maximum absolute atomic E-state index is 11.6. The normalized spacial score (nSPS) is 11.1. The summed E-state index contributed by atoms with van der Waals surface area (Å²) in [5, 5.41) is 17.6. The molecule has 0 saturated carbocycles. The molecule has 3 N–H and O–H groups in total. The summed E-state index contributed by atoms with van der Waals surface area (Å²) in [5.41, 5.74) is 0.181. The molecule has 7 heteroatoms. The Bertz CT molecular complexity index is 448. The Labute approximate surface area is 111 Å². The van der Waals surface area contributed by atoms with Crippen LogP contribution in [0.1, 0.15) is 39.2 Å². The lowest BCUT2D eigenvalue weighted by molar-refractivity contribution is -0.137. The number of ether oxygens (including phenoxy) is 1. The second-order valence-electron chi connectivity index (χ2n) is 5.14. The second kappa shape index (κ2) is 6.21. The van der Waals surface area contributed by atoms with Crippen molar-refractivity contribution in [1.29, 1.82) is 0 Å². The van der Waals surface area contributed by atoms with Crippen molar-refractivity contribution < 1.29 is 19.4 Å². The summed E-state index contributed by atoms with van der Waals surface area (Å²) in [6.07, 6.45) is 2.08. The van der Waals surface area contributed by atoms with Crippen LogP contribution in [-0.4, -0.2) is 33.0 Å². The van der Waals surface area contributed by atoms with Gasteiger partial charge in [0.25, 0.3) is 0 Å². The van der Waals surface area contributed by atoms with E-state index in [0.717, 1.165) is 5.56 Å². The topological polar surface area (TPSA) is 104 Å². The zero-order chi connectivity index (χ0) is 14.5. The monoisotopic (exact) mass is 269 g/mol. The fourth-order valence-corrected chi connectivity index (χ4v) is 1.44. The van der Waals surface area contributed by atoms with Gasteiger partial charge in [0.05, 0.1) is 6.20 Å². The van der Waals surface area contributed by atoms with E-state index in [1.807, 2.05) is 0 Å². The first-order valence-electron chi connectivity index (χ1n) is 6.02. The fraction of sp³-hybridized carbons (Fsp3) is 0.583. The van der Waals surface area contributed by atoms with Crippen LogP contribution in [0.2, 0.25) is 0 Å². The number of rotatable bonds is 5. The van der Waals surface area contributed by atoms with Crippen molar-refractivity contribution in [3.8, 4) is 0 Å². The Kier molecular flexibility index (Phi) is 4.91. The van der Waals surface area contributed by atoms with E-state index in [1.165, 1.54) is 0 Å². The molecular formula is C12H19N3O4. The van der Waals surface area contributed by atoms with Gasteiger partial charge in [-0.3, -0.25) is 15.2 Å². The van der Waals surface area contributed by atoms with Gasteiger partial charge < -0.3 is 9.84 Å². The van der Waals surface area contributed by atoms with Gasteiger partial charge in [-0.15, -0.1) is 0 Å². The van der Waals surface area contributed by atoms with Crippen molar-refractivity contribution in [2.45, 2.75) is 45.6 Å². The van der Waals surface area contributed by atoms with Crippen molar-refractivity contribution in [2.24, 2.45) is 0 Å². The Morgan fingerprint density at radius 1 is 1.47 bits per heavy atom. The van der Waals surface area contributed by atoms with Crippen molar-refractivity contribution in [1.82, 2.24) is 10.2 Å². The van der Waals surface area contributed by atoms with E-state index >= 15 is 0 Å². The standard InChI is InChI=1S/C12H19N3O4/c1-12(2,3)19-11(18)14-10-8(7-13-15-10)5-4-6-9(16)17/h7H,4-6H2,1-3H3,(H,16,17)(H2,13,14,15,18). The lowest BCUT2D eigenvalue weighted by Gasteiger charge is -2.19. The molecule has 0 spiro atoms. The number of amides is 1. The van der Waals surface area contributed by atoms with Gasteiger partial charge in [-0.2, -0.15) is 5.10 Å². The minimum absolute atomic E-state index is 0.0804. The highest BCUT2D eigenvalue weighted by atomic mass is 16.6. The average Bonchev–Trinajstić information content (AvgIpc) is 2.62. The zero-order valence-corrected chi connectivity index (χ0v) is 11.3. The smallest absolute Gasteiger partial charge is 0.413 e. The lowest BCUT2D eigenvalue weighted by Crippen LogP contribution is -2.27. The number of aliphatic carboxylic acids is 1. The fourth-order valence-electron chi connectivity index (χ4n) is 1.44. The molecule has 106 valence electrons. The molecule has 0 aliphatic rings. The zero-order valence-electron chi connectivity index (χ0n) is 11.3. The van der Waals surface area contributed by atoms with Crippen LogP contribution >= 0.6 is 0 Å². The van der Waals surface area contributed by atoms with Crippen LogP contribution in [0.3, 0.4) is 0 Å². The van der Waals surface area contributed by atoms with E-state index in [4.69, 9.17) is 9.84 Å². The quantitative estimate of drug-likeness (QED) is 0.759. The minimum atomic E-state index is -0.842. The number of anilines is 1. The number of hydrogen-bond acceptors (Lipinski definition) is 4. The minimum Gasteiger partial charge on any atom is -0.481 e. The van der Waals surface area contributed by atoms with Crippen molar-refractivity contribution in [3.63, 3.8) is 0 Å². The SMILES string of the molecule is CC(C)(C)OC(=O)Nc1[nH]ncc1CCCC(=O)O. The molecule has 0 aliphatic heterocycles. The van der Waals surface area contributed by atoms with Gasteiger partial charge in [0.1, 0.15) is 11.4 Å². The summed E-state index contributed by atoms with van der Waals surface area (Å²) >= 11 is 0. The number of nitrogens with one attached hydrogen (secondary N) is 2. The summed E-state index contributed by atoms with van der Waals surface area (Å²) < 4.78 is 5.12. The Morgan fingerprint density at radius 2 is 2.16 bits per heavy atom. The number of nitrogens with zero attached hydrogens (tertiary/aromatic N) is 1. The molecular weight excluding hydrogens is 250 g/mol. The summed E-state index contributed by atoms with van der Waals surface area (Å²) in [4.78, 5) is 22.0. The Balaban J connectivity index is 2.53. The number of aromatic nitrogens is 2. The first-order valence-corrected chi connectivity index (χ1v) is 6.02. The molecule has 1 aromatic rings. The van der Waals surface area contributed by atoms with Gasteiger partial charge in [-0.05, 0) is 33.6 Å². The van der Waals surface area contributed by atoms with Gasteiger partial charge in [0.15, 0.2) is 0 Å². The van der Waals surface area contributed by atoms with E-state index in [-0.39, 0.29) is 6.42 Å². The molecule has 0 aliphatic carbocycles. The van der Waals surface area contributed by atoms with Crippen LogP contribution in [0.4, 0.5) is 10.6 Å². The van der Waals surface area contributed by atoms with Crippen LogP contribution < -0.4 is 5.32 Å². The maximum Gasteiger partial charge on any atom is 0.413 e. The van der Waals surface area contributed by atoms with Gasteiger partial charge in [0.2, 0.25) is 0 Å². The molecule has 1 aromatic heterocycles.